The minimum Gasteiger partial charge on any atom is -0.241 e. The van der Waals surface area contributed by atoms with Gasteiger partial charge in [-0.15, -0.1) is 0 Å². The Kier molecular flexibility index (Phi) is 3.83. The van der Waals surface area contributed by atoms with Crippen molar-refractivity contribution in [3.05, 3.63) is 83.9 Å². The zero-order valence-electron chi connectivity index (χ0n) is 10.8. The molecule has 0 radical (unpaired) electrons. The van der Waals surface area contributed by atoms with Crippen molar-refractivity contribution in [1.29, 1.82) is 0 Å². The molecule has 0 aromatic heterocycles. The van der Waals surface area contributed by atoms with E-state index in [-0.39, 0.29) is 4.83 Å². The van der Waals surface area contributed by atoms with Crippen LogP contribution in [-0.2, 0) is 0 Å². The van der Waals surface area contributed by atoms with Crippen LogP contribution in [0.5, 0.6) is 0 Å². The lowest BCUT2D eigenvalue weighted by Gasteiger charge is -2.16. The lowest BCUT2D eigenvalue weighted by molar-refractivity contribution is 0.340. The molecule has 3 aromatic carbocycles. The van der Waals surface area contributed by atoms with Crippen molar-refractivity contribution in [3.8, 4) is 0 Å². The standard InChI is InChI=1S/C18H14BrF/c19-17(14-7-2-1-3-8-14)18(20)16-11-10-13-6-4-5-9-15(13)12-16/h1-12,17-18H. The molecule has 100 valence electrons. The van der Waals surface area contributed by atoms with Gasteiger partial charge in [-0.1, -0.05) is 82.7 Å². The van der Waals surface area contributed by atoms with Gasteiger partial charge < -0.3 is 0 Å². The summed E-state index contributed by atoms with van der Waals surface area (Å²) in [5.41, 5.74) is 1.66. The van der Waals surface area contributed by atoms with Gasteiger partial charge in [-0.25, -0.2) is 4.39 Å². The maximum atomic E-state index is 14.7. The van der Waals surface area contributed by atoms with E-state index in [0.717, 1.165) is 16.3 Å². The summed E-state index contributed by atoms with van der Waals surface area (Å²) in [6.07, 6.45) is -1.07. The van der Waals surface area contributed by atoms with Crippen molar-refractivity contribution >= 4 is 26.7 Å². The molecule has 0 aliphatic heterocycles. The van der Waals surface area contributed by atoms with Crippen LogP contribution < -0.4 is 0 Å². The van der Waals surface area contributed by atoms with Gasteiger partial charge in [0.05, 0.1) is 4.83 Å². The van der Waals surface area contributed by atoms with E-state index in [9.17, 15) is 4.39 Å². The smallest absolute Gasteiger partial charge is 0.142 e. The fraction of sp³-hybridized carbons (Fsp3) is 0.111. The van der Waals surface area contributed by atoms with Gasteiger partial charge in [0.15, 0.2) is 0 Å². The number of hydrogen-bond acceptors (Lipinski definition) is 0. The number of alkyl halides is 2. The van der Waals surface area contributed by atoms with Gasteiger partial charge in [-0.3, -0.25) is 0 Å². The van der Waals surface area contributed by atoms with E-state index in [1.807, 2.05) is 72.8 Å². The first-order chi connectivity index (χ1) is 9.75. The summed E-state index contributed by atoms with van der Waals surface area (Å²) in [6, 6.07) is 23.4. The SMILES string of the molecule is FC(c1ccc2ccccc2c1)C(Br)c1ccccc1. The van der Waals surface area contributed by atoms with Crippen LogP contribution in [0.1, 0.15) is 22.1 Å². The highest BCUT2D eigenvalue weighted by molar-refractivity contribution is 9.09. The third-order valence-electron chi connectivity index (χ3n) is 3.47. The normalized spacial score (nSPS) is 14.1. The fourth-order valence-electron chi connectivity index (χ4n) is 2.35. The van der Waals surface area contributed by atoms with Gasteiger partial charge in [0.2, 0.25) is 0 Å². The lowest BCUT2D eigenvalue weighted by Crippen LogP contribution is -2.00. The summed E-state index contributed by atoms with van der Waals surface area (Å²) in [4.78, 5) is -0.329. The van der Waals surface area contributed by atoms with Gasteiger partial charge in [0.1, 0.15) is 6.17 Å². The zero-order chi connectivity index (χ0) is 13.9. The predicted molar refractivity (Wildman–Crippen MR) is 85.9 cm³/mol. The molecule has 0 heterocycles. The van der Waals surface area contributed by atoms with Gasteiger partial charge >= 0.3 is 0 Å². The Balaban J connectivity index is 1.94. The van der Waals surface area contributed by atoms with Gasteiger partial charge in [-0.2, -0.15) is 0 Å². The number of halogens is 2. The first-order valence-electron chi connectivity index (χ1n) is 6.57. The molecule has 2 heteroatoms. The van der Waals surface area contributed by atoms with Crippen molar-refractivity contribution in [1.82, 2.24) is 0 Å². The van der Waals surface area contributed by atoms with E-state index in [2.05, 4.69) is 15.9 Å². The van der Waals surface area contributed by atoms with Crippen molar-refractivity contribution in [2.75, 3.05) is 0 Å². The second-order valence-electron chi connectivity index (χ2n) is 4.82. The third kappa shape index (κ3) is 2.61. The van der Waals surface area contributed by atoms with Crippen LogP contribution in [0.3, 0.4) is 0 Å². The van der Waals surface area contributed by atoms with Crippen molar-refractivity contribution in [2.45, 2.75) is 11.0 Å². The highest BCUT2D eigenvalue weighted by atomic mass is 79.9. The second kappa shape index (κ2) is 5.76. The van der Waals surface area contributed by atoms with Gasteiger partial charge in [-0.05, 0) is 28.0 Å². The Bertz CT molecular complexity index is 709. The minimum absolute atomic E-state index is 0.329. The molecule has 3 aromatic rings. The molecular weight excluding hydrogens is 315 g/mol. The molecule has 0 N–H and O–H groups in total. The van der Waals surface area contributed by atoms with Crippen LogP contribution in [0.4, 0.5) is 4.39 Å². The summed E-state index contributed by atoms with van der Waals surface area (Å²) in [6.45, 7) is 0. The van der Waals surface area contributed by atoms with Crippen molar-refractivity contribution < 1.29 is 4.39 Å². The zero-order valence-corrected chi connectivity index (χ0v) is 12.4. The molecule has 2 atom stereocenters. The Hall–Kier alpha value is -1.67. The highest BCUT2D eigenvalue weighted by Crippen LogP contribution is 2.39. The van der Waals surface area contributed by atoms with Crippen molar-refractivity contribution in [3.63, 3.8) is 0 Å². The summed E-state index contributed by atoms with van der Waals surface area (Å²) in [7, 11) is 0. The summed E-state index contributed by atoms with van der Waals surface area (Å²) in [5.74, 6) is 0. The number of benzene rings is 3. The average Bonchev–Trinajstić information content (AvgIpc) is 2.54. The summed E-state index contributed by atoms with van der Waals surface area (Å²) in [5, 5.41) is 2.20. The fourth-order valence-corrected chi connectivity index (χ4v) is 2.96. The van der Waals surface area contributed by atoms with Gasteiger partial charge in [0, 0.05) is 0 Å². The number of rotatable bonds is 3. The lowest BCUT2D eigenvalue weighted by atomic mass is 9.99. The van der Waals surface area contributed by atoms with Crippen LogP contribution >= 0.6 is 15.9 Å². The summed E-state index contributed by atoms with van der Waals surface area (Å²) >= 11 is 3.48. The molecule has 20 heavy (non-hydrogen) atoms. The average molecular weight is 329 g/mol. The molecular formula is C18H14BrF. The Morgan fingerprint density at radius 1 is 0.700 bits per heavy atom. The predicted octanol–water partition coefficient (Wildman–Crippen LogP) is 5.99. The first-order valence-corrected chi connectivity index (χ1v) is 7.49. The molecule has 0 aliphatic carbocycles. The Morgan fingerprint density at radius 2 is 1.35 bits per heavy atom. The molecule has 0 saturated heterocycles. The topological polar surface area (TPSA) is 0 Å². The van der Waals surface area contributed by atoms with Crippen LogP contribution in [0.15, 0.2) is 72.8 Å². The highest BCUT2D eigenvalue weighted by Gasteiger charge is 2.21. The molecule has 0 nitrogen and oxygen atoms in total. The molecule has 3 rings (SSSR count). The number of fused-ring (bicyclic) bond motifs is 1. The maximum absolute atomic E-state index is 14.7. The second-order valence-corrected chi connectivity index (χ2v) is 5.81. The number of hydrogen-bond donors (Lipinski definition) is 0. The van der Waals surface area contributed by atoms with E-state index in [1.54, 1.807) is 0 Å². The molecule has 0 saturated carbocycles. The van der Waals surface area contributed by atoms with Crippen LogP contribution in [0.25, 0.3) is 10.8 Å². The minimum atomic E-state index is -1.07. The van der Waals surface area contributed by atoms with Crippen molar-refractivity contribution in [2.24, 2.45) is 0 Å². The summed E-state index contributed by atoms with van der Waals surface area (Å²) < 4.78 is 14.7. The quantitative estimate of drug-likeness (QED) is 0.518. The largest absolute Gasteiger partial charge is 0.241 e. The molecule has 0 spiro atoms. The van der Waals surface area contributed by atoms with E-state index < -0.39 is 6.17 Å². The first kappa shape index (κ1) is 13.3. The molecule has 0 fully saturated rings. The maximum Gasteiger partial charge on any atom is 0.142 e. The molecule has 0 amide bonds. The monoisotopic (exact) mass is 328 g/mol. The van der Waals surface area contributed by atoms with Crippen LogP contribution in [0.2, 0.25) is 0 Å². The Morgan fingerprint density at radius 3 is 2.10 bits per heavy atom. The van der Waals surface area contributed by atoms with Crippen LogP contribution in [0, 0.1) is 0 Å². The molecule has 0 bridgehead atoms. The molecule has 2 unspecified atom stereocenters. The van der Waals surface area contributed by atoms with E-state index in [1.165, 1.54) is 0 Å². The van der Waals surface area contributed by atoms with E-state index in [0.29, 0.717) is 5.56 Å². The van der Waals surface area contributed by atoms with E-state index >= 15 is 0 Å². The van der Waals surface area contributed by atoms with Crippen LogP contribution in [-0.4, -0.2) is 0 Å². The van der Waals surface area contributed by atoms with E-state index in [4.69, 9.17) is 0 Å². The van der Waals surface area contributed by atoms with Gasteiger partial charge in [0.25, 0.3) is 0 Å². The Labute approximate surface area is 126 Å². The molecule has 0 aliphatic rings. The third-order valence-corrected chi connectivity index (χ3v) is 4.46.